The minimum atomic E-state index is -0.765. The van der Waals surface area contributed by atoms with Gasteiger partial charge in [0.15, 0.2) is 0 Å². The third kappa shape index (κ3) is 13.0. The fourth-order valence-corrected chi connectivity index (χ4v) is 6.35. The molecule has 0 saturated carbocycles. The average molecular weight is 585 g/mol. The molecule has 43 heavy (non-hydrogen) atoms. The number of unbranched alkanes of at least 4 members (excludes halogenated alkanes) is 17. The first kappa shape index (κ1) is 35.1. The van der Waals surface area contributed by atoms with Gasteiger partial charge in [0.25, 0.3) is 0 Å². The molecule has 1 N–H and O–H groups in total. The molecule has 0 aliphatic carbocycles. The van der Waals surface area contributed by atoms with Crippen molar-refractivity contribution in [2.45, 2.75) is 141 Å². The van der Waals surface area contributed by atoms with Gasteiger partial charge in [-0.3, -0.25) is 0 Å². The molecule has 0 aromatic heterocycles. The van der Waals surface area contributed by atoms with Gasteiger partial charge in [0.2, 0.25) is 0 Å². The minimum absolute atomic E-state index is 0.303. The normalized spacial score (nSPS) is 12.4. The lowest BCUT2D eigenvalue weighted by atomic mass is 9.80. The maximum atomic E-state index is 11.0. The lowest BCUT2D eigenvalue weighted by Gasteiger charge is -2.36. The number of ether oxygens (including phenoxy) is 1. The first-order valence-corrected chi connectivity index (χ1v) is 17.8. The number of benzene rings is 3. The minimum Gasteiger partial charge on any atom is -0.391 e. The highest BCUT2D eigenvalue weighted by atomic mass is 16.5. The monoisotopic (exact) mass is 584 g/mol. The first-order chi connectivity index (χ1) is 21.3. The number of hydrogen-bond donors (Lipinski definition) is 1. The molecule has 0 bridgehead atoms. The lowest BCUT2D eigenvalue weighted by molar-refractivity contribution is -0.0405. The maximum Gasteiger partial charge on any atom is 0.143 e. The highest BCUT2D eigenvalue weighted by Gasteiger charge is 2.37. The van der Waals surface area contributed by atoms with E-state index in [2.05, 4.69) is 79.7 Å². The zero-order valence-corrected chi connectivity index (χ0v) is 27.2. The summed E-state index contributed by atoms with van der Waals surface area (Å²) in [4.78, 5) is 0. The quantitative estimate of drug-likeness (QED) is 0.0793. The number of aliphatic hydroxyl groups excluding tert-OH is 1. The second-order valence-electron chi connectivity index (χ2n) is 12.5. The smallest absolute Gasteiger partial charge is 0.143 e. The molecule has 0 aliphatic heterocycles. The third-order valence-electron chi connectivity index (χ3n) is 8.92. The Balaban J connectivity index is 1.30. The van der Waals surface area contributed by atoms with Crippen LogP contribution in [0.15, 0.2) is 91.0 Å². The predicted molar refractivity (Wildman–Crippen MR) is 185 cm³/mol. The van der Waals surface area contributed by atoms with E-state index in [4.69, 9.17) is 4.74 Å². The van der Waals surface area contributed by atoms with Crippen molar-refractivity contribution in [1.82, 2.24) is 0 Å². The van der Waals surface area contributed by atoms with Gasteiger partial charge in [0.05, 0.1) is 12.7 Å². The molecule has 0 saturated heterocycles. The Hall–Kier alpha value is -2.42. The van der Waals surface area contributed by atoms with Crippen LogP contribution in [-0.2, 0) is 10.3 Å². The van der Waals surface area contributed by atoms with Crippen LogP contribution < -0.4 is 0 Å². The van der Waals surface area contributed by atoms with E-state index in [1.807, 2.05) is 18.2 Å². The van der Waals surface area contributed by atoms with Gasteiger partial charge in [-0.25, -0.2) is 0 Å². The van der Waals surface area contributed by atoms with E-state index in [1.54, 1.807) is 0 Å². The fourth-order valence-electron chi connectivity index (χ4n) is 6.35. The summed E-state index contributed by atoms with van der Waals surface area (Å²) >= 11 is 0. The summed E-state index contributed by atoms with van der Waals surface area (Å²) in [5.74, 6) is 0. The zero-order valence-electron chi connectivity index (χ0n) is 27.2. The topological polar surface area (TPSA) is 29.5 Å². The SMILES string of the molecule is CCCCCCCCCCCCCCCCCCCCC(O)COC(c1ccccc1)(c1ccccc1)c1ccccc1. The molecule has 236 valence electrons. The second-order valence-corrected chi connectivity index (χ2v) is 12.5. The van der Waals surface area contributed by atoms with Crippen molar-refractivity contribution in [2.75, 3.05) is 6.61 Å². The summed E-state index contributed by atoms with van der Waals surface area (Å²) in [5.41, 5.74) is 2.46. The van der Waals surface area contributed by atoms with Crippen LogP contribution >= 0.6 is 0 Å². The molecule has 3 aromatic rings. The average Bonchev–Trinajstić information content (AvgIpc) is 3.06. The fraction of sp³-hybridized carbons (Fsp3) is 0.561. The molecule has 0 fully saturated rings. The van der Waals surface area contributed by atoms with Crippen molar-refractivity contribution >= 4 is 0 Å². The predicted octanol–water partition coefficient (Wildman–Crippen LogP) is 11.8. The molecule has 3 aromatic carbocycles. The Morgan fingerprint density at radius 1 is 0.465 bits per heavy atom. The van der Waals surface area contributed by atoms with Crippen molar-refractivity contribution in [3.05, 3.63) is 108 Å². The van der Waals surface area contributed by atoms with Gasteiger partial charge in [-0.1, -0.05) is 213 Å². The number of hydrogen-bond acceptors (Lipinski definition) is 2. The molecule has 1 atom stereocenters. The maximum absolute atomic E-state index is 11.0. The van der Waals surface area contributed by atoms with Crippen LogP contribution in [0, 0.1) is 0 Å². The first-order valence-electron chi connectivity index (χ1n) is 17.8. The Morgan fingerprint density at radius 3 is 1.09 bits per heavy atom. The van der Waals surface area contributed by atoms with Crippen LogP contribution in [0.4, 0.5) is 0 Å². The summed E-state index contributed by atoms with van der Waals surface area (Å²) in [5, 5.41) is 11.0. The Morgan fingerprint density at radius 2 is 0.767 bits per heavy atom. The summed E-state index contributed by atoms with van der Waals surface area (Å²) in [6.45, 7) is 2.60. The van der Waals surface area contributed by atoms with Gasteiger partial charge < -0.3 is 9.84 Å². The van der Waals surface area contributed by atoms with Crippen LogP contribution in [0.5, 0.6) is 0 Å². The molecular weight excluding hydrogens is 524 g/mol. The van der Waals surface area contributed by atoms with E-state index in [0.717, 1.165) is 29.5 Å². The van der Waals surface area contributed by atoms with E-state index in [9.17, 15) is 5.11 Å². The Kier molecular flexibility index (Phi) is 18.1. The molecule has 0 aliphatic rings. The van der Waals surface area contributed by atoms with Crippen LogP contribution in [0.25, 0.3) is 0 Å². The van der Waals surface area contributed by atoms with Crippen molar-refractivity contribution in [3.63, 3.8) is 0 Å². The molecule has 0 spiro atoms. The molecule has 0 heterocycles. The van der Waals surface area contributed by atoms with Gasteiger partial charge in [0.1, 0.15) is 5.60 Å². The molecule has 2 heteroatoms. The summed E-state index contributed by atoms with van der Waals surface area (Å²) in [6, 6.07) is 31.3. The molecule has 1 unspecified atom stereocenters. The number of rotatable bonds is 25. The highest BCUT2D eigenvalue weighted by Crippen LogP contribution is 2.40. The largest absolute Gasteiger partial charge is 0.391 e. The van der Waals surface area contributed by atoms with Crippen molar-refractivity contribution in [3.8, 4) is 0 Å². The summed E-state index contributed by atoms with van der Waals surface area (Å²) in [6.07, 6.45) is 25.0. The van der Waals surface area contributed by atoms with E-state index in [1.165, 1.54) is 109 Å². The highest BCUT2D eigenvalue weighted by molar-refractivity contribution is 5.47. The van der Waals surface area contributed by atoms with Crippen molar-refractivity contribution < 1.29 is 9.84 Å². The number of aliphatic hydroxyl groups is 1. The van der Waals surface area contributed by atoms with Crippen LogP contribution in [-0.4, -0.2) is 17.8 Å². The van der Waals surface area contributed by atoms with E-state index in [0.29, 0.717) is 6.61 Å². The van der Waals surface area contributed by atoms with Gasteiger partial charge in [-0.2, -0.15) is 0 Å². The summed E-state index contributed by atoms with van der Waals surface area (Å²) < 4.78 is 6.79. The van der Waals surface area contributed by atoms with E-state index < -0.39 is 11.7 Å². The van der Waals surface area contributed by atoms with Crippen molar-refractivity contribution in [1.29, 1.82) is 0 Å². The van der Waals surface area contributed by atoms with Crippen molar-refractivity contribution in [2.24, 2.45) is 0 Å². The molecular formula is C41H60O2. The standard InChI is InChI=1S/C41H60O2/c1-2-3-4-5-6-7-8-9-10-11-12-13-14-15-16-17-18-28-35-40(42)36-43-41(37-29-22-19-23-30-37,38-31-24-20-25-32-38)39-33-26-21-27-34-39/h19-27,29-34,40,42H,2-18,28,35-36H2,1H3. The van der Waals surface area contributed by atoms with Gasteiger partial charge in [-0.05, 0) is 23.1 Å². The zero-order chi connectivity index (χ0) is 30.3. The molecule has 3 rings (SSSR count). The summed E-state index contributed by atoms with van der Waals surface area (Å²) in [7, 11) is 0. The second kappa shape index (κ2) is 22.1. The molecule has 0 radical (unpaired) electrons. The van der Waals surface area contributed by atoms with Gasteiger partial charge in [0, 0.05) is 0 Å². The lowest BCUT2D eigenvalue weighted by Crippen LogP contribution is -2.35. The van der Waals surface area contributed by atoms with Gasteiger partial charge >= 0.3 is 0 Å². The van der Waals surface area contributed by atoms with E-state index >= 15 is 0 Å². The van der Waals surface area contributed by atoms with Crippen LogP contribution in [0.2, 0.25) is 0 Å². The van der Waals surface area contributed by atoms with Crippen LogP contribution in [0.1, 0.15) is 146 Å². The van der Waals surface area contributed by atoms with Crippen LogP contribution in [0.3, 0.4) is 0 Å². The van der Waals surface area contributed by atoms with E-state index in [-0.39, 0.29) is 0 Å². The molecule has 0 amide bonds. The third-order valence-corrected chi connectivity index (χ3v) is 8.92. The Bertz CT molecular complexity index is 936. The molecule has 2 nitrogen and oxygen atoms in total. The Labute approximate surface area is 264 Å². The van der Waals surface area contributed by atoms with Gasteiger partial charge in [-0.15, -0.1) is 0 Å².